The van der Waals surface area contributed by atoms with Crippen LogP contribution in [-0.2, 0) is 0 Å². The molecule has 1 fully saturated rings. The minimum atomic E-state index is 0.623. The Morgan fingerprint density at radius 1 is 1.28 bits per heavy atom. The van der Waals surface area contributed by atoms with E-state index in [1.807, 2.05) is 24.4 Å². The van der Waals surface area contributed by atoms with E-state index in [1.54, 1.807) is 0 Å². The lowest BCUT2D eigenvalue weighted by Crippen LogP contribution is -2.33. The number of hydrogen-bond donors (Lipinski definition) is 1. The zero-order valence-electron chi connectivity index (χ0n) is 10.4. The van der Waals surface area contributed by atoms with Crippen LogP contribution in [0.5, 0.6) is 5.75 Å². The highest BCUT2D eigenvalue weighted by Crippen LogP contribution is 2.24. The summed E-state index contributed by atoms with van der Waals surface area (Å²) in [7, 11) is 0. The van der Waals surface area contributed by atoms with E-state index in [1.165, 1.54) is 12.8 Å². The van der Waals surface area contributed by atoms with Gasteiger partial charge >= 0.3 is 0 Å². The summed E-state index contributed by atoms with van der Waals surface area (Å²) in [6, 6.07) is 10.1. The van der Waals surface area contributed by atoms with Gasteiger partial charge in [-0.1, -0.05) is 18.2 Å². The molecule has 1 N–H and O–H groups in total. The van der Waals surface area contributed by atoms with Gasteiger partial charge in [0, 0.05) is 24.0 Å². The SMILES string of the molecule is c1cnc2c(OCC3CCCNC3)cccc2c1. The molecular weight excluding hydrogens is 224 g/mol. The Balaban J connectivity index is 1.74. The van der Waals surface area contributed by atoms with Crippen LogP contribution in [0.3, 0.4) is 0 Å². The van der Waals surface area contributed by atoms with Gasteiger partial charge in [0.15, 0.2) is 0 Å². The average molecular weight is 242 g/mol. The number of benzene rings is 1. The normalized spacial score (nSPS) is 19.9. The zero-order valence-corrected chi connectivity index (χ0v) is 10.4. The predicted octanol–water partition coefficient (Wildman–Crippen LogP) is 2.61. The molecule has 3 nitrogen and oxygen atoms in total. The number of fused-ring (bicyclic) bond motifs is 1. The molecule has 0 aliphatic carbocycles. The predicted molar refractivity (Wildman–Crippen MR) is 72.8 cm³/mol. The summed E-state index contributed by atoms with van der Waals surface area (Å²) < 4.78 is 5.96. The minimum Gasteiger partial charge on any atom is -0.491 e. The molecule has 2 heterocycles. The molecule has 1 aromatic heterocycles. The fourth-order valence-corrected chi connectivity index (χ4v) is 2.47. The summed E-state index contributed by atoms with van der Waals surface area (Å²) in [6.07, 6.45) is 4.32. The molecule has 2 aromatic rings. The molecule has 3 heteroatoms. The lowest BCUT2D eigenvalue weighted by molar-refractivity contribution is 0.220. The van der Waals surface area contributed by atoms with Crippen LogP contribution >= 0.6 is 0 Å². The molecule has 1 aliphatic rings. The lowest BCUT2D eigenvalue weighted by atomic mass is 10.0. The van der Waals surface area contributed by atoms with Crippen LogP contribution in [0.1, 0.15) is 12.8 Å². The average Bonchev–Trinajstić information content (AvgIpc) is 2.46. The van der Waals surface area contributed by atoms with Gasteiger partial charge in [0.2, 0.25) is 0 Å². The number of ether oxygens (including phenoxy) is 1. The van der Waals surface area contributed by atoms with Crippen molar-refractivity contribution < 1.29 is 4.74 Å². The largest absolute Gasteiger partial charge is 0.491 e. The number of rotatable bonds is 3. The van der Waals surface area contributed by atoms with E-state index in [0.29, 0.717) is 5.92 Å². The third-order valence-electron chi connectivity index (χ3n) is 3.47. The summed E-state index contributed by atoms with van der Waals surface area (Å²) in [5.41, 5.74) is 0.962. The molecule has 1 saturated heterocycles. The van der Waals surface area contributed by atoms with Gasteiger partial charge in [0.1, 0.15) is 11.3 Å². The van der Waals surface area contributed by atoms with Gasteiger partial charge in [-0.05, 0) is 31.5 Å². The first-order chi connectivity index (χ1) is 8.93. The van der Waals surface area contributed by atoms with Crippen LogP contribution < -0.4 is 10.1 Å². The van der Waals surface area contributed by atoms with Crippen molar-refractivity contribution in [2.24, 2.45) is 5.92 Å². The summed E-state index contributed by atoms with van der Waals surface area (Å²) in [5, 5.41) is 4.55. The maximum Gasteiger partial charge on any atom is 0.145 e. The molecule has 1 aromatic carbocycles. The second kappa shape index (κ2) is 5.36. The Morgan fingerprint density at radius 2 is 2.22 bits per heavy atom. The van der Waals surface area contributed by atoms with Gasteiger partial charge in [-0.15, -0.1) is 0 Å². The van der Waals surface area contributed by atoms with Crippen molar-refractivity contribution in [3.05, 3.63) is 36.5 Å². The fourth-order valence-electron chi connectivity index (χ4n) is 2.47. The van der Waals surface area contributed by atoms with Crippen LogP contribution in [0.4, 0.5) is 0 Å². The van der Waals surface area contributed by atoms with Gasteiger partial charge in [0.25, 0.3) is 0 Å². The molecular formula is C15H18N2O. The zero-order chi connectivity index (χ0) is 12.2. The van der Waals surface area contributed by atoms with Gasteiger partial charge in [-0.25, -0.2) is 0 Å². The van der Waals surface area contributed by atoms with Crippen molar-refractivity contribution in [3.8, 4) is 5.75 Å². The third kappa shape index (κ3) is 2.46. The first kappa shape index (κ1) is 11.5. The standard InChI is InChI=1S/C15H18N2O/c1-5-13-6-3-9-17-15(13)14(7-1)18-11-12-4-2-8-16-10-12/h1,3,5-7,9,12,16H,2,4,8,10-11H2. The molecule has 0 bridgehead atoms. The van der Waals surface area contributed by atoms with Crippen molar-refractivity contribution in [3.63, 3.8) is 0 Å². The van der Waals surface area contributed by atoms with E-state index in [0.717, 1.165) is 36.3 Å². The van der Waals surface area contributed by atoms with Crippen molar-refractivity contribution in [2.45, 2.75) is 12.8 Å². The summed E-state index contributed by atoms with van der Waals surface area (Å²) >= 11 is 0. The minimum absolute atomic E-state index is 0.623. The van der Waals surface area contributed by atoms with Crippen LogP contribution in [0.2, 0.25) is 0 Å². The van der Waals surface area contributed by atoms with E-state index in [4.69, 9.17) is 4.74 Å². The third-order valence-corrected chi connectivity index (χ3v) is 3.47. The van der Waals surface area contributed by atoms with Crippen LogP contribution in [0, 0.1) is 5.92 Å². The second-order valence-electron chi connectivity index (χ2n) is 4.85. The Bertz CT molecular complexity index is 515. The van der Waals surface area contributed by atoms with Crippen LogP contribution in [0.15, 0.2) is 36.5 Å². The highest BCUT2D eigenvalue weighted by molar-refractivity contribution is 5.84. The number of pyridine rings is 1. The van der Waals surface area contributed by atoms with Crippen LogP contribution in [0.25, 0.3) is 10.9 Å². The van der Waals surface area contributed by atoms with Crippen molar-refractivity contribution in [1.29, 1.82) is 0 Å². The second-order valence-corrected chi connectivity index (χ2v) is 4.85. The molecule has 94 valence electrons. The summed E-state index contributed by atoms with van der Waals surface area (Å²) in [6.45, 7) is 2.99. The Hall–Kier alpha value is -1.61. The van der Waals surface area contributed by atoms with Gasteiger partial charge in [-0.2, -0.15) is 0 Å². The smallest absolute Gasteiger partial charge is 0.145 e. The number of para-hydroxylation sites is 1. The lowest BCUT2D eigenvalue weighted by Gasteiger charge is -2.22. The Morgan fingerprint density at radius 3 is 3.11 bits per heavy atom. The summed E-state index contributed by atoms with van der Waals surface area (Å²) in [4.78, 5) is 4.40. The maximum atomic E-state index is 5.96. The number of hydrogen-bond acceptors (Lipinski definition) is 3. The molecule has 18 heavy (non-hydrogen) atoms. The van der Waals surface area contributed by atoms with E-state index in [-0.39, 0.29) is 0 Å². The van der Waals surface area contributed by atoms with Crippen molar-refractivity contribution in [2.75, 3.05) is 19.7 Å². The quantitative estimate of drug-likeness (QED) is 0.898. The van der Waals surface area contributed by atoms with Crippen LogP contribution in [-0.4, -0.2) is 24.7 Å². The molecule has 0 saturated carbocycles. The van der Waals surface area contributed by atoms with E-state index >= 15 is 0 Å². The first-order valence-electron chi connectivity index (χ1n) is 6.61. The number of nitrogens with zero attached hydrogens (tertiary/aromatic N) is 1. The molecule has 0 amide bonds. The molecule has 1 unspecified atom stereocenters. The monoisotopic (exact) mass is 242 g/mol. The number of aromatic nitrogens is 1. The van der Waals surface area contributed by atoms with Gasteiger partial charge < -0.3 is 10.1 Å². The van der Waals surface area contributed by atoms with Crippen molar-refractivity contribution in [1.82, 2.24) is 10.3 Å². The molecule has 1 atom stereocenters. The van der Waals surface area contributed by atoms with E-state index < -0.39 is 0 Å². The van der Waals surface area contributed by atoms with Crippen molar-refractivity contribution >= 4 is 10.9 Å². The fraction of sp³-hybridized carbons (Fsp3) is 0.400. The first-order valence-corrected chi connectivity index (χ1v) is 6.61. The highest BCUT2D eigenvalue weighted by atomic mass is 16.5. The highest BCUT2D eigenvalue weighted by Gasteiger charge is 2.14. The molecule has 1 aliphatic heterocycles. The Labute approximate surface area is 107 Å². The number of nitrogens with one attached hydrogen (secondary N) is 1. The maximum absolute atomic E-state index is 5.96. The molecule has 0 radical (unpaired) electrons. The summed E-state index contributed by atoms with van der Waals surface area (Å²) in [5.74, 6) is 1.52. The van der Waals surface area contributed by atoms with E-state index in [9.17, 15) is 0 Å². The number of piperidine rings is 1. The topological polar surface area (TPSA) is 34.1 Å². The van der Waals surface area contributed by atoms with Gasteiger partial charge in [0.05, 0.1) is 6.61 Å². The molecule has 3 rings (SSSR count). The van der Waals surface area contributed by atoms with E-state index in [2.05, 4.69) is 22.4 Å². The molecule has 0 spiro atoms. The Kier molecular flexibility index (Phi) is 3.42. The van der Waals surface area contributed by atoms with Gasteiger partial charge in [-0.3, -0.25) is 4.98 Å².